The Labute approximate surface area is 178 Å². The Balaban J connectivity index is 2.49. The van der Waals surface area contributed by atoms with E-state index in [9.17, 15) is 14.4 Å². The summed E-state index contributed by atoms with van der Waals surface area (Å²) in [4.78, 5) is 42.5. The number of hydrogen-bond donors (Lipinski definition) is 0. The van der Waals surface area contributed by atoms with Crippen molar-refractivity contribution in [3.63, 3.8) is 0 Å². The molecule has 166 valence electrons. The van der Waals surface area contributed by atoms with E-state index < -0.39 is 11.3 Å². The highest BCUT2D eigenvalue weighted by Gasteiger charge is 2.55. The molecule has 0 aromatic heterocycles. The number of amides is 3. The van der Waals surface area contributed by atoms with Gasteiger partial charge in [-0.3, -0.25) is 19.3 Å². The maximum atomic E-state index is 13.6. The molecule has 1 heterocycles. The van der Waals surface area contributed by atoms with Crippen molar-refractivity contribution in [3.8, 4) is 5.75 Å². The predicted octanol–water partition coefficient (Wildman–Crippen LogP) is 1.61. The number of hydrogen-bond acceptors (Lipinski definition) is 6. The second-order valence-electron chi connectivity index (χ2n) is 7.65. The van der Waals surface area contributed by atoms with Crippen molar-refractivity contribution in [2.24, 2.45) is 0 Å². The van der Waals surface area contributed by atoms with Crippen molar-refractivity contribution in [2.75, 3.05) is 47.6 Å². The number of rotatable bonds is 11. The zero-order valence-electron chi connectivity index (χ0n) is 18.5. The third-order valence-electron chi connectivity index (χ3n) is 5.48. The molecule has 0 spiro atoms. The smallest absolute Gasteiger partial charge is 0.241 e. The SMILES string of the molecule is COCCN1C(=O)C[C@@](CC(=O)N(CCOC)C(C)C)(c2ccccc2OC)C1=O. The van der Waals surface area contributed by atoms with Crippen LogP contribution in [0.2, 0.25) is 0 Å². The van der Waals surface area contributed by atoms with E-state index in [4.69, 9.17) is 14.2 Å². The van der Waals surface area contributed by atoms with Crippen LogP contribution in [0.1, 0.15) is 32.3 Å². The highest BCUT2D eigenvalue weighted by Crippen LogP contribution is 2.44. The molecule has 0 bridgehead atoms. The Hall–Kier alpha value is -2.45. The minimum absolute atomic E-state index is 0.0702. The molecule has 30 heavy (non-hydrogen) atoms. The maximum Gasteiger partial charge on any atom is 0.241 e. The quantitative estimate of drug-likeness (QED) is 0.506. The molecule has 0 aliphatic carbocycles. The van der Waals surface area contributed by atoms with Crippen LogP contribution in [0.3, 0.4) is 0 Å². The Morgan fingerprint density at radius 2 is 1.80 bits per heavy atom. The summed E-state index contributed by atoms with van der Waals surface area (Å²) in [7, 11) is 4.60. The number of benzene rings is 1. The van der Waals surface area contributed by atoms with Gasteiger partial charge < -0.3 is 19.1 Å². The number of imide groups is 1. The lowest BCUT2D eigenvalue weighted by Crippen LogP contribution is -2.46. The maximum absolute atomic E-state index is 13.6. The number of methoxy groups -OCH3 is 3. The van der Waals surface area contributed by atoms with Gasteiger partial charge in [0.05, 0.1) is 32.3 Å². The third-order valence-corrected chi connectivity index (χ3v) is 5.48. The first-order valence-corrected chi connectivity index (χ1v) is 10.1. The molecule has 8 nitrogen and oxygen atoms in total. The lowest BCUT2D eigenvalue weighted by Gasteiger charge is -2.33. The van der Waals surface area contributed by atoms with Crippen LogP contribution >= 0.6 is 0 Å². The summed E-state index contributed by atoms with van der Waals surface area (Å²) in [6.07, 6.45) is -0.207. The van der Waals surface area contributed by atoms with Gasteiger partial charge in [0.25, 0.3) is 0 Å². The highest BCUT2D eigenvalue weighted by atomic mass is 16.5. The summed E-state index contributed by atoms with van der Waals surface area (Å²) in [6.45, 7) is 5.00. The summed E-state index contributed by atoms with van der Waals surface area (Å²) in [6, 6.07) is 7.00. The molecule has 1 aromatic rings. The van der Waals surface area contributed by atoms with Crippen molar-refractivity contribution < 1.29 is 28.6 Å². The molecule has 2 rings (SSSR count). The van der Waals surface area contributed by atoms with E-state index in [0.717, 1.165) is 0 Å². The van der Waals surface area contributed by atoms with E-state index in [1.165, 1.54) is 19.1 Å². The van der Waals surface area contributed by atoms with Crippen LogP contribution in [0.4, 0.5) is 0 Å². The van der Waals surface area contributed by atoms with Crippen LogP contribution in [-0.4, -0.2) is 81.2 Å². The van der Waals surface area contributed by atoms with Crippen molar-refractivity contribution in [2.45, 2.75) is 38.1 Å². The molecule has 1 aliphatic rings. The largest absolute Gasteiger partial charge is 0.496 e. The molecule has 1 aliphatic heterocycles. The predicted molar refractivity (Wildman–Crippen MR) is 111 cm³/mol. The van der Waals surface area contributed by atoms with Crippen molar-refractivity contribution >= 4 is 17.7 Å². The van der Waals surface area contributed by atoms with Crippen LogP contribution in [0.15, 0.2) is 24.3 Å². The van der Waals surface area contributed by atoms with Gasteiger partial charge in [0.1, 0.15) is 5.75 Å². The summed E-state index contributed by atoms with van der Waals surface area (Å²) >= 11 is 0. The summed E-state index contributed by atoms with van der Waals surface area (Å²) < 4.78 is 15.7. The van der Waals surface area contributed by atoms with Crippen LogP contribution in [-0.2, 0) is 29.3 Å². The Bertz CT molecular complexity index is 766. The zero-order chi connectivity index (χ0) is 22.3. The minimum Gasteiger partial charge on any atom is -0.496 e. The second kappa shape index (κ2) is 10.5. The van der Waals surface area contributed by atoms with E-state index in [1.54, 1.807) is 36.3 Å². The van der Waals surface area contributed by atoms with Crippen LogP contribution < -0.4 is 4.74 Å². The van der Waals surface area contributed by atoms with Crippen LogP contribution in [0.5, 0.6) is 5.75 Å². The lowest BCUT2D eigenvalue weighted by atomic mass is 9.75. The third kappa shape index (κ3) is 4.82. The van der Waals surface area contributed by atoms with Crippen molar-refractivity contribution in [1.29, 1.82) is 0 Å². The number of likely N-dealkylation sites (tertiary alicyclic amines) is 1. The number of para-hydroxylation sites is 1. The Kier molecular flexibility index (Phi) is 8.37. The summed E-state index contributed by atoms with van der Waals surface area (Å²) in [5, 5.41) is 0. The molecule has 1 aromatic carbocycles. The molecule has 0 unspecified atom stereocenters. The number of carbonyl (C=O) groups is 3. The lowest BCUT2D eigenvalue weighted by molar-refractivity contribution is -0.144. The van der Waals surface area contributed by atoms with Crippen molar-refractivity contribution in [1.82, 2.24) is 9.80 Å². The molecular formula is C22H32N2O6. The van der Waals surface area contributed by atoms with Gasteiger partial charge in [0.2, 0.25) is 17.7 Å². The van der Waals surface area contributed by atoms with Gasteiger partial charge in [-0.1, -0.05) is 18.2 Å². The fourth-order valence-electron chi connectivity index (χ4n) is 3.91. The number of carbonyl (C=O) groups excluding carboxylic acids is 3. The molecule has 0 N–H and O–H groups in total. The van der Waals surface area contributed by atoms with Gasteiger partial charge in [-0.15, -0.1) is 0 Å². The summed E-state index contributed by atoms with van der Waals surface area (Å²) in [5.41, 5.74) is -0.760. The van der Waals surface area contributed by atoms with Gasteiger partial charge in [-0.25, -0.2) is 0 Å². The first-order chi connectivity index (χ1) is 14.3. The topological polar surface area (TPSA) is 85.4 Å². The number of ether oxygens (including phenoxy) is 3. The molecule has 1 atom stereocenters. The Morgan fingerprint density at radius 1 is 1.13 bits per heavy atom. The van der Waals surface area contributed by atoms with Gasteiger partial charge in [-0.05, 0) is 19.9 Å². The zero-order valence-corrected chi connectivity index (χ0v) is 18.5. The normalized spacial score (nSPS) is 18.9. The fraction of sp³-hybridized carbons (Fsp3) is 0.591. The number of nitrogens with zero attached hydrogens (tertiary/aromatic N) is 2. The van der Waals surface area contributed by atoms with E-state index >= 15 is 0 Å². The molecular weight excluding hydrogens is 388 g/mol. The van der Waals surface area contributed by atoms with E-state index in [-0.39, 0.29) is 43.8 Å². The minimum atomic E-state index is -1.31. The van der Waals surface area contributed by atoms with E-state index in [2.05, 4.69) is 0 Å². The average molecular weight is 421 g/mol. The van der Waals surface area contributed by atoms with E-state index in [0.29, 0.717) is 24.5 Å². The highest BCUT2D eigenvalue weighted by molar-refractivity contribution is 6.11. The first-order valence-electron chi connectivity index (χ1n) is 10.1. The monoisotopic (exact) mass is 420 g/mol. The molecule has 0 radical (unpaired) electrons. The van der Waals surface area contributed by atoms with Crippen LogP contribution in [0, 0.1) is 0 Å². The van der Waals surface area contributed by atoms with Gasteiger partial charge in [-0.2, -0.15) is 0 Å². The van der Waals surface area contributed by atoms with Gasteiger partial charge >= 0.3 is 0 Å². The van der Waals surface area contributed by atoms with Crippen molar-refractivity contribution in [3.05, 3.63) is 29.8 Å². The van der Waals surface area contributed by atoms with Crippen LogP contribution in [0.25, 0.3) is 0 Å². The Morgan fingerprint density at radius 3 is 2.40 bits per heavy atom. The first kappa shape index (κ1) is 23.8. The molecule has 3 amide bonds. The summed E-state index contributed by atoms with van der Waals surface area (Å²) in [5.74, 6) is -0.433. The molecule has 8 heteroatoms. The standard InChI is InChI=1S/C22H32N2O6/c1-16(2)23(10-12-28-3)19(25)14-22(17-8-6-7-9-18(17)30-5)15-20(26)24(21(22)27)11-13-29-4/h6-9,16H,10-15H2,1-5H3/t22-/m0/s1. The van der Waals surface area contributed by atoms with Gasteiger partial charge in [0, 0.05) is 45.2 Å². The molecule has 1 saturated heterocycles. The fourth-order valence-corrected chi connectivity index (χ4v) is 3.91. The van der Waals surface area contributed by atoms with E-state index in [1.807, 2.05) is 13.8 Å². The molecule has 1 fully saturated rings. The second-order valence-corrected chi connectivity index (χ2v) is 7.65. The average Bonchev–Trinajstić information content (AvgIpc) is 2.96. The van der Waals surface area contributed by atoms with Gasteiger partial charge in [0.15, 0.2) is 0 Å². The molecule has 0 saturated carbocycles.